The number of aromatic nitrogens is 4. The van der Waals surface area contributed by atoms with E-state index in [1.165, 1.54) is 10.2 Å². The number of hydrogen-bond acceptors (Lipinski definition) is 5. The molecule has 0 radical (unpaired) electrons. The normalized spacial score (nSPS) is 12.4. The van der Waals surface area contributed by atoms with Gasteiger partial charge in [-0.3, -0.25) is 0 Å². The lowest BCUT2D eigenvalue weighted by molar-refractivity contribution is 0.510. The van der Waals surface area contributed by atoms with Crippen LogP contribution >= 0.6 is 0 Å². The van der Waals surface area contributed by atoms with E-state index in [4.69, 9.17) is 0 Å². The van der Waals surface area contributed by atoms with Crippen molar-refractivity contribution >= 4 is 0 Å². The minimum Gasteiger partial charge on any atom is -0.197 e. The summed E-state index contributed by atoms with van der Waals surface area (Å²) in [5, 5.41) is 14.1. The molecule has 2 rings (SSSR count). The van der Waals surface area contributed by atoms with Gasteiger partial charge in [0.05, 0.1) is 0 Å². The predicted octanol–water partition coefficient (Wildman–Crippen LogP) is 1.86. The molecular formula is C11H13N5O. The van der Waals surface area contributed by atoms with Crippen molar-refractivity contribution in [2.45, 2.75) is 26.4 Å². The Morgan fingerprint density at radius 3 is 2.53 bits per heavy atom. The Morgan fingerprint density at radius 2 is 2.06 bits per heavy atom. The van der Waals surface area contributed by atoms with Crippen molar-refractivity contribution in [1.29, 1.82) is 0 Å². The van der Waals surface area contributed by atoms with E-state index < -0.39 is 6.17 Å². The fourth-order valence-electron chi connectivity index (χ4n) is 1.64. The first-order valence-corrected chi connectivity index (χ1v) is 5.42. The molecule has 6 heteroatoms. The van der Waals surface area contributed by atoms with Crippen LogP contribution in [0.4, 0.5) is 0 Å². The van der Waals surface area contributed by atoms with Crippen LogP contribution in [0, 0.1) is 11.8 Å². The second-order valence-corrected chi connectivity index (χ2v) is 3.74. The molecule has 1 aromatic heterocycles. The summed E-state index contributed by atoms with van der Waals surface area (Å²) in [4.78, 5) is 10.9. The lowest BCUT2D eigenvalue weighted by atomic mass is 10.1. The third-order valence-corrected chi connectivity index (χ3v) is 2.67. The van der Waals surface area contributed by atoms with Crippen LogP contribution in [0.15, 0.2) is 29.4 Å². The average molecular weight is 231 g/mol. The first-order chi connectivity index (χ1) is 8.26. The topological polar surface area (TPSA) is 73.0 Å². The van der Waals surface area contributed by atoms with Gasteiger partial charge in [0, 0.05) is 5.56 Å². The third-order valence-electron chi connectivity index (χ3n) is 2.67. The third kappa shape index (κ3) is 2.20. The maximum atomic E-state index is 10.9. The van der Waals surface area contributed by atoms with Crippen molar-refractivity contribution in [1.82, 2.24) is 20.2 Å². The highest BCUT2D eigenvalue weighted by Crippen LogP contribution is 2.20. The smallest absolute Gasteiger partial charge is 0.197 e. The highest BCUT2D eigenvalue weighted by Gasteiger charge is 2.17. The highest BCUT2D eigenvalue weighted by atomic mass is 16.3. The van der Waals surface area contributed by atoms with Gasteiger partial charge in [0.25, 0.3) is 0 Å². The van der Waals surface area contributed by atoms with Crippen LogP contribution in [0.2, 0.25) is 0 Å². The molecule has 0 saturated carbocycles. The van der Waals surface area contributed by atoms with Gasteiger partial charge in [-0.1, -0.05) is 31.2 Å². The van der Waals surface area contributed by atoms with Crippen LogP contribution in [-0.2, 0) is 6.42 Å². The molecule has 0 aliphatic heterocycles. The Labute approximate surface area is 98.6 Å². The number of hydrogen-bond donors (Lipinski definition) is 0. The predicted molar refractivity (Wildman–Crippen MR) is 62.3 cm³/mol. The van der Waals surface area contributed by atoms with E-state index in [-0.39, 0.29) is 0 Å². The zero-order chi connectivity index (χ0) is 12.3. The second kappa shape index (κ2) is 4.82. The zero-order valence-corrected chi connectivity index (χ0v) is 9.74. The minimum absolute atomic E-state index is 0.564. The molecule has 1 unspecified atom stereocenters. The van der Waals surface area contributed by atoms with Gasteiger partial charge >= 0.3 is 0 Å². The van der Waals surface area contributed by atoms with Gasteiger partial charge in [-0.15, -0.1) is 10.0 Å². The monoisotopic (exact) mass is 231 g/mol. The molecule has 1 aromatic carbocycles. The van der Waals surface area contributed by atoms with Crippen molar-refractivity contribution < 1.29 is 0 Å². The molecule has 0 amide bonds. The zero-order valence-electron chi connectivity index (χ0n) is 9.74. The van der Waals surface area contributed by atoms with Gasteiger partial charge in [-0.05, 0) is 34.5 Å². The molecule has 1 heterocycles. The van der Waals surface area contributed by atoms with Gasteiger partial charge < -0.3 is 0 Å². The molecule has 0 N–H and O–H groups in total. The summed E-state index contributed by atoms with van der Waals surface area (Å²) in [5.41, 5.74) is 2.00. The summed E-state index contributed by atoms with van der Waals surface area (Å²) in [5.74, 6) is 0.564. The Kier molecular flexibility index (Phi) is 3.22. The van der Waals surface area contributed by atoms with Crippen LogP contribution in [0.1, 0.15) is 30.0 Å². The van der Waals surface area contributed by atoms with Crippen molar-refractivity contribution in [3.8, 4) is 0 Å². The van der Waals surface area contributed by atoms with E-state index in [0.29, 0.717) is 5.82 Å². The van der Waals surface area contributed by atoms with Crippen LogP contribution in [0.3, 0.4) is 0 Å². The number of aryl methyl sites for hydroxylation is 2. The van der Waals surface area contributed by atoms with Crippen molar-refractivity contribution in [3.05, 3.63) is 46.1 Å². The summed E-state index contributed by atoms with van der Waals surface area (Å²) in [6, 6.07) is 7.72. The lowest BCUT2D eigenvalue weighted by Crippen LogP contribution is -2.11. The summed E-state index contributed by atoms with van der Waals surface area (Å²) in [7, 11) is 0. The van der Waals surface area contributed by atoms with E-state index in [0.717, 1.165) is 12.0 Å². The Hall–Kier alpha value is -2.11. The molecule has 0 bridgehead atoms. The second-order valence-electron chi connectivity index (χ2n) is 3.74. The van der Waals surface area contributed by atoms with Crippen molar-refractivity contribution in [3.63, 3.8) is 0 Å². The highest BCUT2D eigenvalue weighted by molar-refractivity contribution is 5.25. The van der Waals surface area contributed by atoms with Gasteiger partial charge in [0.2, 0.25) is 6.17 Å². The molecule has 0 aliphatic rings. The number of tetrazole rings is 1. The molecule has 0 fully saturated rings. The molecule has 17 heavy (non-hydrogen) atoms. The fourth-order valence-corrected chi connectivity index (χ4v) is 1.64. The Morgan fingerprint density at radius 1 is 1.35 bits per heavy atom. The van der Waals surface area contributed by atoms with E-state index in [1.54, 1.807) is 6.92 Å². The number of benzene rings is 1. The molecule has 1 atom stereocenters. The van der Waals surface area contributed by atoms with Gasteiger partial charge in [0.15, 0.2) is 5.82 Å². The van der Waals surface area contributed by atoms with E-state index in [1.807, 2.05) is 24.3 Å². The average Bonchev–Trinajstić information content (AvgIpc) is 2.78. The Bertz CT molecular complexity index is 505. The van der Waals surface area contributed by atoms with Crippen LogP contribution < -0.4 is 0 Å². The van der Waals surface area contributed by atoms with E-state index >= 15 is 0 Å². The van der Waals surface area contributed by atoms with E-state index in [2.05, 4.69) is 27.6 Å². The van der Waals surface area contributed by atoms with Crippen LogP contribution in [-0.4, -0.2) is 20.2 Å². The molecular weight excluding hydrogens is 218 g/mol. The minimum atomic E-state index is -0.698. The molecule has 0 aliphatic carbocycles. The quantitative estimate of drug-likeness (QED) is 0.753. The summed E-state index contributed by atoms with van der Waals surface area (Å²) in [6.45, 7) is 3.81. The fraction of sp³-hybridized carbons (Fsp3) is 0.364. The molecule has 0 spiro atoms. The number of nitroso groups, excluding NO2 is 1. The molecule has 6 nitrogen and oxygen atoms in total. The standard InChI is InChI=1S/C11H13N5O/c1-3-9-4-6-10(7-5-9)11(13-17)16-8(2)12-14-15-16/h4-7,11H,3H2,1-2H3. The Balaban J connectivity index is 2.35. The van der Waals surface area contributed by atoms with Crippen LogP contribution in [0.5, 0.6) is 0 Å². The lowest BCUT2D eigenvalue weighted by Gasteiger charge is -2.10. The maximum absolute atomic E-state index is 10.9. The van der Waals surface area contributed by atoms with E-state index in [9.17, 15) is 4.91 Å². The molecule has 2 aromatic rings. The van der Waals surface area contributed by atoms with Gasteiger partial charge in [-0.25, -0.2) is 0 Å². The maximum Gasteiger partial charge on any atom is 0.212 e. The first kappa shape index (κ1) is 11.4. The SMILES string of the molecule is CCc1ccc(C(N=O)n2nnnc2C)cc1. The van der Waals surface area contributed by atoms with Gasteiger partial charge in [0.1, 0.15) is 0 Å². The number of nitrogens with zero attached hydrogens (tertiary/aromatic N) is 5. The summed E-state index contributed by atoms with van der Waals surface area (Å²) >= 11 is 0. The first-order valence-electron chi connectivity index (χ1n) is 5.42. The van der Waals surface area contributed by atoms with Crippen LogP contribution in [0.25, 0.3) is 0 Å². The largest absolute Gasteiger partial charge is 0.212 e. The van der Waals surface area contributed by atoms with Crippen molar-refractivity contribution in [2.75, 3.05) is 0 Å². The molecule has 0 saturated heterocycles. The summed E-state index contributed by atoms with van der Waals surface area (Å²) in [6.07, 6.45) is 0.263. The number of rotatable bonds is 4. The van der Waals surface area contributed by atoms with Gasteiger partial charge in [-0.2, -0.15) is 4.68 Å². The molecule has 88 valence electrons. The summed E-state index contributed by atoms with van der Waals surface area (Å²) < 4.78 is 1.41. The van der Waals surface area contributed by atoms with Crippen molar-refractivity contribution in [2.24, 2.45) is 5.18 Å².